The van der Waals surface area contributed by atoms with Crippen LogP contribution < -0.4 is 10.5 Å². The zero-order chi connectivity index (χ0) is 14.9. The molecule has 2 aromatic carbocycles. The summed E-state index contributed by atoms with van der Waals surface area (Å²) in [5.41, 5.74) is 5.52. The van der Waals surface area contributed by atoms with Crippen LogP contribution in [0, 0.1) is 15.2 Å². The molecule has 0 saturated carbocycles. The summed E-state index contributed by atoms with van der Waals surface area (Å²) >= 11 is 1.80. The highest BCUT2D eigenvalue weighted by Gasteiger charge is 2.19. The number of nitrogens with one attached hydrogen (secondary N) is 1. The van der Waals surface area contributed by atoms with E-state index in [0.29, 0.717) is 3.57 Å². The Kier molecular flexibility index (Phi) is 4.14. The molecule has 106 valence electrons. The van der Waals surface area contributed by atoms with E-state index in [2.05, 4.69) is 4.72 Å². The second-order valence-corrected chi connectivity index (χ2v) is 6.72. The van der Waals surface area contributed by atoms with Gasteiger partial charge in [0.15, 0.2) is 0 Å². The van der Waals surface area contributed by atoms with Gasteiger partial charge in [0, 0.05) is 3.57 Å². The van der Waals surface area contributed by atoms with Gasteiger partial charge in [-0.1, -0.05) is 0 Å². The van der Waals surface area contributed by atoms with Gasteiger partial charge in [0.2, 0.25) is 0 Å². The van der Waals surface area contributed by atoms with Crippen LogP contribution in [0.1, 0.15) is 0 Å². The van der Waals surface area contributed by atoms with Gasteiger partial charge < -0.3 is 5.73 Å². The summed E-state index contributed by atoms with van der Waals surface area (Å²) < 4.78 is 52.9. The molecule has 0 atom stereocenters. The van der Waals surface area contributed by atoms with Gasteiger partial charge in [0.25, 0.3) is 10.0 Å². The lowest BCUT2D eigenvalue weighted by molar-refractivity contribution is 0.600. The molecule has 0 aliphatic carbocycles. The van der Waals surface area contributed by atoms with E-state index in [0.717, 1.165) is 24.3 Å². The monoisotopic (exact) mass is 410 g/mol. The maximum absolute atomic E-state index is 13.0. The summed E-state index contributed by atoms with van der Waals surface area (Å²) in [5, 5.41) is 0. The molecule has 0 fully saturated rings. The van der Waals surface area contributed by atoms with Crippen LogP contribution in [0.2, 0.25) is 0 Å². The number of nitrogens with two attached hydrogens (primary N) is 1. The first kappa shape index (κ1) is 15.0. The number of hydrogen-bond acceptors (Lipinski definition) is 3. The zero-order valence-electron chi connectivity index (χ0n) is 9.90. The molecular weight excluding hydrogens is 401 g/mol. The molecule has 0 aliphatic rings. The molecule has 0 saturated heterocycles. The van der Waals surface area contributed by atoms with E-state index < -0.39 is 21.7 Å². The SMILES string of the molecule is Nc1cc(F)ccc1S(=O)(=O)Nc1ccc(F)cc1I. The molecule has 2 rings (SSSR count). The largest absolute Gasteiger partial charge is 0.398 e. The molecule has 4 nitrogen and oxygen atoms in total. The first-order valence-corrected chi connectivity index (χ1v) is 7.89. The average molecular weight is 410 g/mol. The fourth-order valence-corrected chi connectivity index (χ4v) is 3.53. The van der Waals surface area contributed by atoms with E-state index in [-0.39, 0.29) is 16.3 Å². The Labute approximate surface area is 128 Å². The summed E-state index contributed by atoms with van der Waals surface area (Å²) in [4.78, 5) is -0.237. The predicted octanol–water partition coefficient (Wildman–Crippen LogP) is 2.95. The van der Waals surface area contributed by atoms with Crippen molar-refractivity contribution in [3.05, 3.63) is 51.6 Å². The van der Waals surface area contributed by atoms with Crippen LogP contribution in [-0.4, -0.2) is 8.42 Å². The number of benzene rings is 2. The highest BCUT2D eigenvalue weighted by atomic mass is 127. The molecule has 2 aromatic rings. The predicted molar refractivity (Wildman–Crippen MR) is 80.7 cm³/mol. The third-order valence-electron chi connectivity index (χ3n) is 2.44. The van der Waals surface area contributed by atoms with E-state index in [4.69, 9.17) is 5.73 Å². The smallest absolute Gasteiger partial charge is 0.263 e. The minimum atomic E-state index is -3.97. The number of anilines is 2. The lowest BCUT2D eigenvalue weighted by atomic mass is 10.3. The van der Waals surface area contributed by atoms with Crippen LogP contribution in [0.5, 0.6) is 0 Å². The first-order valence-electron chi connectivity index (χ1n) is 5.32. The van der Waals surface area contributed by atoms with Crippen LogP contribution in [0.4, 0.5) is 20.2 Å². The molecule has 8 heteroatoms. The van der Waals surface area contributed by atoms with Gasteiger partial charge in [-0.05, 0) is 59.0 Å². The molecule has 0 spiro atoms. The highest BCUT2D eigenvalue weighted by molar-refractivity contribution is 14.1. The summed E-state index contributed by atoms with van der Waals surface area (Å²) in [5.74, 6) is -1.10. The van der Waals surface area contributed by atoms with Gasteiger partial charge in [-0.25, -0.2) is 17.2 Å². The second kappa shape index (κ2) is 5.52. The average Bonchev–Trinajstić information content (AvgIpc) is 2.32. The molecule has 0 heterocycles. The summed E-state index contributed by atoms with van der Waals surface area (Å²) in [6.07, 6.45) is 0. The van der Waals surface area contributed by atoms with Gasteiger partial charge in [-0.3, -0.25) is 4.72 Å². The summed E-state index contributed by atoms with van der Waals surface area (Å²) in [6, 6.07) is 6.61. The van der Waals surface area contributed by atoms with Crippen LogP contribution in [0.3, 0.4) is 0 Å². The van der Waals surface area contributed by atoms with Gasteiger partial charge in [0.1, 0.15) is 16.5 Å². The van der Waals surface area contributed by atoms with E-state index in [1.807, 2.05) is 0 Å². The fourth-order valence-electron chi connectivity index (χ4n) is 1.54. The van der Waals surface area contributed by atoms with Gasteiger partial charge in [-0.2, -0.15) is 0 Å². The van der Waals surface area contributed by atoms with E-state index in [1.165, 1.54) is 12.1 Å². The third kappa shape index (κ3) is 3.18. The quantitative estimate of drug-likeness (QED) is 0.604. The van der Waals surface area contributed by atoms with Crippen molar-refractivity contribution in [2.45, 2.75) is 4.90 Å². The van der Waals surface area contributed by atoms with E-state index in [1.54, 1.807) is 22.6 Å². The number of nitrogen functional groups attached to an aromatic ring is 1. The first-order chi connectivity index (χ1) is 9.29. The zero-order valence-corrected chi connectivity index (χ0v) is 12.9. The Morgan fingerprint density at radius 2 is 1.65 bits per heavy atom. The molecule has 0 radical (unpaired) electrons. The molecule has 0 aliphatic heterocycles. The normalized spacial score (nSPS) is 11.3. The van der Waals surface area contributed by atoms with Crippen molar-refractivity contribution >= 4 is 44.0 Å². The van der Waals surface area contributed by atoms with Gasteiger partial charge in [0.05, 0.1) is 11.4 Å². The second-order valence-electron chi connectivity index (χ2n) is 3.91. The van der Waals surface area contributed by atoms with Crippen molar-refractivity contribution in [3.63, 3.8) is 0 Å². The van der Waals surface area contributed by atoms with Crippen LogP contribution in [0.15, 0.2) is 41.3 Å². The minimum absolute atomic E-state index is 0.199. The van der Waals surface area contributed by atoms with Crippen molar-refractivity contribution in [3.8, 4) is 0 Å². The van der Waals surface area contributed by atoms with Crippen molar-refractivity contribution in [2.24, 2.45) is 0 Å². The maximum atomic E-state index is 13.0. The Balaban J connectivity index is 2.41. The lowest BCUT2D eigenvalue weighted by Crippen LogP contribution is -2.15. The van der Waals surface area contributed by atoms with Crippen molar-refractivity contribution in [1.82, 2.24) is 0 Å². The van der Waals surface area contributed by atoms with Crippen molar-refractivity contribution in [2.75, 3.05) is 10.5 Å². The van der Waals surface area contributed by atoms with Crippen LogP contribution in [0.25, 0.3) is 0 Å². The highest BCUT2D eigenvalue weighted by Crippen LogP contribution is 2.25. The molecular formula is C12H9F2IN2O2S. The topological polar surface area (TPSA) is 72.2 Å². The molecule has 0 unspecified atom stereocenters. The molecule has 3 N–H and O–H groups in total. The molecule has 20 heavy (non-hydrogen) atoms. The molecule has 0 aromatic heterocycles. The van der Waals surface area contributed by atoms with Crippen molar-refractivity contribution < 1.29 is 17.2 Å². The number of rotatable bonds is 3. The number of sulfonamides is 1. The summed E-state index contributed by atoms with van der Waals surface area (Å²) in [7, 11) is -3.97. The van der Waals surface area contributed by atoms with E-state index >= 15 is 0 Å². The fraction of sp³-hybridized carbons (Fsp3) is 0. The van der Waals surface area contributed by atoms with Crippen molar-refractivity contribution in [1.29, 1.82) is 0 Å². The van der Waals surface area contributed by atoms with Crippen LogP contribution >= 0.6 is 22.6 Å². The maximum Gasteiger partial charge on any atom is 0.263 e. The molecule has 0 bridgehead atoms. The Morgan fingerprint density at radius 1 is 1.05 bits per heavy atom. The summed E-state index contributed by atoms with van der Waals surface area (Å²) in [6.45, 7) is 0. The Morgan fingerprint density at radius 3 is 2.25 bits per heavy atom. The van der Waals surface area contributed by atoms with Crippen LogP contribution in [-0.2, 0) is 10.0 Å². The van der Waals surface area contributed by atoms with Gasteiger partial charge in [-0.15, -0.1) is 0 Å². The van der Waals surface area contributed by atoms with Gasteiger partial charge >= 0.3 is 0 Å². The lowest BCUT2D eigenvalue weighted by Gasteiger charge is -2.11. The Bertz CT molecular complexity index is 766. The standard InChI is InChI=1S/C12H9F2IN2O2S/c13-7-1-3-11(9(15)5-7)17-20(18,19)12-4-2-8(14)6-10(12)16/h1-6,17H,16H2. The van der Waals surface area contributed by atoms with E-state index in [9.17, 15) is 17.2 Å². The number of hydrogen-bond donors (Lipinski definition) is 2. The third-order valence-corrected chi connectivity index (χ3v) is 4.77. The number of halogens is 3. The Hall–Kier alpha value is -1.42. The minimum Gasteiger partial charge on any atom is -0.398 e. The molecule has 0 amide bonds.